The Balaban J connectivity index is 1.51. The van der Waals surface area contributed by atoms with Crippen molar-refractivity contribution in [3.05, 3.63) is 72.3 Å². The molecule has 0 fully saturated rings. The molecule has 3 aromatic carbocycles. The summed E-state index contributed by atoms with van der Waals surface area (Å²) in [6, 6.07) is 21.8. The van der Waals surface area contributed by atoms with Crippen molar-refractivity contribution < 1.29 is 9.47 Å². The van der Waals surface area contributed by atoms with Crippen molar-refractivity contribution in [1.29, 1.82) is 0 Å². The molecule has 4 aromatic rings. The Morgan fingerprint density at radius 1 is 0.786 bits per heavy atom. The van der Waals surface area contributed by atoms with E-state index in [1.807, 2.05) is 54.6 Å². The summed E-state index contributed by atoms with van der Waals surface area (Å²) in [5.41, 5.74) is 3.88. The van der Waals surface area contributed by atoms with E-state index < -0.39 is 0 Å². The van der Waals surface area contributed by atoms with Crippen LogP contribution in [0.25, 0.3) is 10.9 Å². The second kappa shape index (κ2) is 6.74. The minimum Gasteiger partial charge on any atom is -0.454 e. The van der Waals surface area contributed by atoms with Gasteiger partial charge in [-0.05, 0) is 43.3 Å². The van der Waals surface area contributed by atoms with E-state index in [2.05, 4.69) is 34.7 Å². The fraction of sp³-hybridized carbons (Fsp3) is 0.0909. The zero-order valence-electron chi connectivity index (χ0n) is 15.3. The maximum absolute atomic E-state index is 5.44. The van der Waals surface area contributed by atoms with Crippen LogP contribution in [-0.4, -0.2) is 16.8 Å². The molecule has 138 valence electrons. The van der Waals surface area contributed by atoms with Crippen molar-refractivity contribution in [3.63, 3.8) is 0 Å². The molecule has 0 unspecified atom stereocenters. The van der Waals surface area contributed by atoms with Gasteiger partial charge in [-0.15, -0.1) is 0 Å². The van der Waals surface area contributed by atoms with E-state index in [9.17, 15) is 0 Å². The van der Waals surface area contributed by atoms with E-state index in [-0.39, 0.29) is 6.79 Å². The SMILES string of the molecule is Cc1ccc(Nc2nc(Nc3ccc4c(c3)OCO4)nc3ccccc23)cc1. The van der Waals surface area contributed by atoms with Gasteiger partial charge < -0.3 is 20.1 Å². The van der Waals surface area contributed by atoms with Crippen LogP contribution in [0.5, 0.6) is 11.5 Å². The molecule has 28 heavy (non-hydrogen) atoms. The Morgan fingerprint density at radius 3 is 2.46 bits per heavy atom. The molecule has 0 saturated heterocycles. The largest absolute Gasteiger partial charge is 0.454 e. The van der Waals surface area contributed by atoms with Crippen LogP contribution in [-0.2, 0) is 0 Å². The van der Waals surface area contributed by atoms with Gasteiger partial charge in [-0.3, -0.25) is 0 Å². The highest BCUT2D eigenvalue weighted by molar-refractivity contribution is 5.92. The monoisotopic (exact) mass is 370 g/mol. The highest BCUT2D eigenvalue weighted by Crippen LogP contribution is 2.35. The Labute approximate surface area is 162 Å². The number of nitrogens with one attached hydrogen (secondary N) is 2. The normalized spacial score (nSPS) is 12.2. The van der Waals surface area contributed by atoms with E-state index in [1.54, 1.807) is 0 Å². The van der Waals surface area contributed by atoms with Crippen LogP contribution in [0.1, 0.15) is 5.56 Å². The molecule has 2 N–H and O–H groups in total. The number of ether oxygens (including phenoxy) is 2. The van der Waals surface area contributed by atoms with Gasteiger partial charge in [-0.1, -0.05) is 29.8 Å². The zero-order chi connectivity index (χ0) is 18.9. The number of aryl methyl sites for hydroxylation is 1. The molecule has 6 heteroatoms. The highest BCUT2D eigenvalue weighted by Gasteiger charge is 2.14. The summed E-state index contributed by atoms with van der Waals surface area (Å²) in [4.78, 5) is 9.35. The van der Waals surface area contributed by atoms with Gasteiger partial charge >= 0.3 is 0 Å². The molecule has 2 heterocycles. The maximum Gasteiger partial charge on any atom is 0.231 e. The van der Waals surface area contributed by atoms with Crippen LogP contribution in [0.4, 0.5) is 23.1 Å². The number of hydrogen-bond acceptors (Lipinski definition) is 6. The summed E-state index contributed by atoms with van der Waals surface area (Å²) in [6.07, 6.45) is 0. The molecule has 1 aromatic heterocycles. The number of benzene rings is 3. The lowest BCUT2D eigenvalue weighted by atomic mass is 10.2. The Kier molecular flexibility index (Phi) is 3.94. The standard InChI is InChI=1S/C22H18N4O2/c1-14-6-8-15(9-7-14)23-21-17-4-2-3-5-18(17)25-22(26-21)24-16-10-11-19-20(12-16)28-13-27-19/h2-12H,13H2,1H3,(H2,23,24,25,26). The predicted octanol–water partition coefficient (Wildman–Crippen LogP) is 5.15. The molecular formula is C22H18N4O2. The lowest BCUT2D eigenvalue weighted by Crippen LogP contribution is -2.02. The molecule has 6 nitrogen and oxygen atoms in total. The third-order valence-corrected chi connectivity index (χ3v) is 4.55. The minimum absolute atomic E-state index is 0.246. The highest BCUT2D eigenvalue weighted by atomic mass is 16.7. The predicted molar refractivity (Wildman–Crippen MR) is 110 cm³/mol. The van der Waals surface area contributed by atoms with Crippen LogP contribution < -0.4 is 20.1 Å². The van der Waals surface area contributed by atoms with Gasteiger partial charge in [-0.25, -0.2) is 4.98 Å². The Bertz CT molecular complexity index is 1160. The van der Waals surface area contributed by atoms with E-state index in [0.717, 1.165) is 33.8 Å². The van der Waals surface area contributed by atoms with Gasteiger partial charge in [0.2, 0.25) is 12.7 Å². The first kappa shape index (κ1) is 16.4. The molecule has 0 amide bonds. The molecule has 1 aliphatic heterocycles. The third-order valence-electron chi connectivity index (χ3n) is 4.55. The molecule has 5 rings (SSSR count). The van der Waals surface area contributed by atoms with Gasteiger partial charge in [0.1, 0.15) is 5.82 Å². The maximum atomic E-state index is 5.44. The summed E-state index contributed by atoms with van der Waals surface area (Å²) >= 11 is 0. The minimum atomic E-state index is 0.246. The molecule has 0 aliphatic carbocycles. The van der Waals surface area contributed by atoms with Gasteiger partial charge in [-0.2, -0.15) is 4.98 Å². The summed E-state index contributed by atoms with van der Waals surface area (Å²) < 4.78 is 10.8. The second-order valence-electron chi connectivity index (χ2n) is 6.60. The van der Waals surface area contributed by atoms with Gasteiger partial charge in [0, 0.05) is 22.8 Å². The van der Waals surface area contributed by atoms with Gasteiger partial charge in [0.05, 0.1) is 5.52 Å². The molecule has 1 aliphatic rings. The third kappa shape index (κ3) is 3.16. The van der Waals surface area contributed by atoms with Crippen molar-refractivity contribution in [2.45, 2.75) is 6.92 Å². The van der Waals surface area contributed by atoms with E-state index in [4.69, 9.17) is 14.5 Å². The summed E-state index contributed by atoms with van der Waals surface area (Å²) in [7, 11) is 0. The second-order valence-corrected chi connectivity index (χ2v) is 6.60. The number of fused-ring (bicyclic) bond motifs is 2. The van der Waals surface area contributed by atoms with E-state index >= 15 is 0 Å². The molecule has 0 atom stereocenters. The van der Waals surface area contributed by atoms with Crippen LogP contribution in [0.3, 0.4) is 0 Å². The quantitative estimate of drug-likeness (QED) is 0.517. The fourth-order valence-electron chi connectivity index (χ4n) is 3.10. The number of hydrogen-bond donors (Lipinski definition) is 2. The summed E-state index contributed by atoms with van der Waals surface area (Å²) in [5.74, 6) is 2.71. The van der Waals surface area contributed by atoms with Crippen molar-refractivity contribution in [2.75, 3.05) is 17.4 Å². The van der Waals surface area contributed by atoms with Crippen LogP contribution >= 0.6 is 0 Å². The zero-order valence-corrected chi connectivity index (χ0v) is 15.3. The van der Waals surface area contributed by atoms with Crippen molar-refractivity contribution in [2.24, 2.45) is 0 Å². The number of aromatic nitrogens is 2. The van der Waals surface area contributed by atoms with Gasteiger partial charge in [0.15, 0.2) is 11.5 Å². The Morgan fingerprint density at radius 2 is 1.57 bits per heavy atom. The van der Waals surface area contributed by atoms with Crippen LogP contribution in [0, 0.1) is 6.92 Å². The number of nitrogens with zero attached hydrogens (tertiary/aromatic N) is 2. The topological polar surface area (TPSA) is 68.3 Å². The lowest BCUT2D eigenvalue weighted by Gasteiger charge is -2.12. The van der Waals surface area contributed by atoms with Crippen molar-refractivity contribution >= 4 is 34.0 Å². The molecule has 0 radical (unpaired) electrons. The molecule has 0 spiro atoms. The molecular weight excluding hydrogens is 352 g/mol. The number of anilines is 4. The average Bonchev–Trinajstić information content (AvgIpc) is 3.18. The first-order chi connectivity index (χ1) is 13.7. The summed E-state index contributed by atoms with van der Waals surface area (Å²) in [5, 5.41) is 7.63. The van der Waals surface area contributed by atoms with Crippen LogP contribution in [0.2, 0.25) is 0 Å². The first-order valence-corrected chi connectivity index (χ1v) is 9.02. The lowest BCUT2D eigenvalue weighted by molar-refractivity contribution is 0.174. The number of rotatable bonds is 4. The smallest absolute Gasteiger partial charge is 0.231 e. The fourth-order valence-corrected chi connectivity index (χ4v) is 3.10. The van der Waals surface area contributed by atoms with Crippen molar-refractivity contribution in [1.82, 2.24) is 9.97 Å². The van der Waals surface area contributed by atoms with E-state index in [1.165, 1.54) is 5.56 Å². The number of para-hydroxylation sites is 1. The van der Waals surface area contributed by atoms with Crippen molar-refractivity contribution in [3.8, 4) is 11.5 Å². The molecule has 0 bridgehead atoms. The average molecular weight is 370 g/mol. The van der Waals surface area contributed by atoms with Crippen LogP contribution in [0.15, 0.2) is 66.7 Å². The Hall–Kier alpha value is -3.80. The molecule has 0 saturated carbocycles. The van der Waals surface area contributed by atoms with Gasteiger partial charge in [0.25, 0.3) is 0 Å². The first-order valence-electron chi connectivity index (χ1n) is 9.02. The summed E-state index contributed by atoms with van der Waals surface area (Å²) in [6.45, 7) is 2.31. The van der Waals surface area contributed by atoms with E-state index in [0.29, 0.717) is 11.7 Å².